The Morgan fingerprint density at radius 3 is 2.03 bits per heavy atom. The maximum absolute atomic E-state index is 13.4. The predicted molar refractivity (Wildman–Crippen MR) is 110 cm³/mol. The van der Waals surface area contributed by atoms with Crippen molar-refractivity contribution in [3.63, 3.8) is 0 Å². The van der Waals surface area contributed by atoms with Gasteiger partial charge in [0, 0.05) is 10.7 Å². The van der Waals surface area contributed by atoms with Crippen LogP contribution in [0.4, 0.5) is 14.5 Å². The first kappa shape index (κ1) is 19.8. The third-order valence-electron chi connectivity index (χ3n) is 4.70. The fourth-order valence-corrected chi connectivity index (χ4v) is 3.39. The lowest BCUT2D eigenvalue weighted by Gasteiger charge is -2.16. The van der Waals surface area contributed by atoms with Crippen LogP contribution in [-0.4, -0.2) is 16.7 Å². The van der Waals surface area contributed by atoms with E-state index in [9.17, 15) is 18.4 Å². The minimum absolute atomic E-state index is 0.0172. The number of carbonyl (C=O) groups excluding carboxylic acids is 2. The Morgan fingerprint density at radius 2 is 1.40 bits per heavy atom. The van der Waals surface area contributed by atoms with Crippen LogP contribution >= 0.6 is 11.6 Å². The minimum atomic E-state index is -0.552. The number of halogens is 3. The zero-order valence-corrected chi connectivity index (χ0v) is 16.3. The van der Waals surface area contributed by atoms with Crippen molar-refractivity contribution in [2.75, 3.05) is 5.32 Å². The van der Waals surface area contributed by atoms with E-state index in [1.807, 2.05) is 0 Å². The van der Waals surface area contributed by atoms with Crippen LogP contribution < -0.4 is 5.32 Å². The molecular weight excluding hydrogens is 410 g/mol. The molecule has 2 amide bonds. The quantitative estimate of drug-likeness (QED) is 0.586. The van der Waals surface area contributed by atoms with Gasteiger partial charge in [0.2, 0.25) is 0 Å². The Balaban J connectivity index is 1.74. The summed E-state index contributed by atoms with van der Waals surface area (Å²) in [6.07, 6.45) is 0. The maximum Gasteiger partial charge on any atom is 0.278 e. The molecule has 0 aromatic heterocycles. The second-order valence-corrected chi connectivity index (χ2v) is 7.08. The number of hydrogen-bond donors (Lipinski definition) is 1. The van der Waals surface area contributed by atoms with E-state index in [4.69, 9.17) is 11.6 Å². The van der Waals surface area contributed by atoms with E-state index in [-0.39, 0.29) is 17.8 Å². The van der Waals surface area contributed by atoms with Gasteiger partial charge in [-0.3, -0.25) is 14.5 Å². The molecule has 0 saturated carbocycles. The monoisotopic (exact) mass is 424 g/mol. The van der Waals surface area contributed by atoms with E-state index < -0.39 is 23.4 Å². The lowest BCUT2D eigenvalue weighted by molar-refractivity contribution is -0.137. The van der Waals surface area contributed by atoms with Gasteiger partial charge in [0.25, 0.3) is 11.8 Å². The highest BCUT2D eigenvalue weighted by Crippen LogP contribution is 2.32. The summed E-state index contributed by atoms with van der Waals surface area (Å²) < 4.78 is 26.6. The topological polar surface area (TPSA) is 49.4 Å². The molecule has 0 spiro atoms. The molecule has 0 radical (unpaired) electrons. The Hall–Kier alpha value is -3.51. The van der Waals surface area contributed by atoms with E-state index >= 15 is 0 Å². The number of nitrogens with zero attached hydrogens (tertiary/aromatic N) is 1. The number of amides is 2. The molecule has 30 heavy (non-hydrogen) atoms. The smallest absolute Gasteiger partial charge is 0.278 e. The lowest BCUT2D eigenvalue weighted by atomic mass is 10.0. The Bertz CT molecular complexity index is 1160. The summed E-state index contributed by atoms with van der Waals surface area (Å²) in [4.78, 5) is 27.4. The molecule has 0 unspecified atom stereocenters. The number of hydrogen-bond acceptors (Lipinski definition) is 3. The summed E-state index contributed by atoms with van der Waals surface area (Å²) >= 11 is 6.19. The molecule has 0 fully saturated rings. The number of rotatable bonds is 5. The normalized spacial score (nSPS) is 13.9. The van der Waals surface area contributed by atoms with Gasteiger partial charge in [0.05, 0.1) is 12.1 Å². The SMILES string of the molecule is O=C1C(Nc2ccc(F)cc2)=C(c2ccc(F)cc2)C(=O)N1Cc1ccccc1Cl. The van der Waals surface area contributed by atoms with Crippen LogP contribution in [0.25, 0.3) is 5.57 Å². The van der Waals surface area contributed by atoms with Crippen LogP contribution in [0.5, 0.6) is 0 Å². The number of benzene rings is 3. The highest BCUT2D eigenvalue weighted by atomic mass is 35.5. The van der Waals surface area contributed by atoms with Gasteiger partial charge in [-0.2, -0.15) is 0 Å². The van der Waals surface area contributed by atoms with Crippen LogP contribution in [0, 0.1) is 11.6 Å². The van der Waals surface area contributed by atoms with Crippen molar-refractivity contribution in [3.8, 4) is 0 Å². The fraction of sp³-hybridized carbons (Fsp3) is 0.0435. The maximum atomic E-state index is 13.4. The fourth-order valence-electron chi connectivity index (χ4n) is 3.19. The molecule has 0 bridgehead atoms. The van der Waals surface area contributed by atoms with Gasteiger partial charge in [-0.25, -0.2) is 8.78 Å². The molecule has 3 aromatic rings. The van der Waals surface area contributed by atoms with Crippen molar-refractivity contribution in [2.45, 2.75) is 6.54 Å². The molecule has 4 rings (SSSR count). The first-order chi connectivity index (χ1) is 14.4. The predicted octanol–water partition coefficient (Wildman–Crippen LogP) is 5.01. The van der Waals surface area contributed by atoms with Crippen LogP contribution in [0.15, 0.2) is 78.5 Å². The van der Waals surface area contributed by atoms with Crippen molar-refractivity contribution < 1.29 is 18.4 Å². The van der Waals surface area contributed by atoms with E-state index in [0.29, 0.717) is 21.8 Å². The molecule has 0 atom stereocenters. The van der Waals surface area contributed by atoms with Gasteiger partial charge in [-0.15, -0.1) is 0 Å². The molecule has 150 valence electrons. The van der Waals surface area contributed by atoms with Gasteiger partial charge < -0.3 is 5.32 Å². The lowest BCUT2D eigenvalue weighted by Crippen LogP contribution is -2.32. The van der Waals surface area contributed by atoms with Crippen molar-refractivity contribution in [1.82, 2.24) is 4.90 Å². The number of anilines is 1. The summed E-state index contributed by atoms with van der Waals surface area (Å²) in [6, 6.07) is 17.6. The number of imide groups is 1. The van der Waals surface area contributed by atoms with Gasteiger partial charge in [0.1, 0.15) is 17.3 Å². The van der Waals surface area contributed by atoms with Crippen LogP contribution in [0.1, 0.15) is 11.1 Å². The van der Waals surface area contributed by atoms with E-state index in [0.717, 1.165) is 4.90 Å². The van der Waals surface area contributed by atoms with Crippen molar-refractivity contribution in [2.24, 2.45) is 0 Å². The molecule has 4 nitrogen and oxygen atoms in total. The summed E-state index contributed by atoms with van der Waals surface area (Å²) in [7, 11) is 0. The summed E-state index contributed by atoms with van der Waals surface area (Å²) in [5.74, 6) is -1.97. The second kappa shape index (κ2) is 8.08. The highest BCUT2D eigenvalue weighted by molar-refractivity contribution is 6.36. The van der Waals surface area contributed by atoms with Crippen LogP contribution in [0.3, 0.4) is 0 Å². The average molecular weight is 425 g/mol. The summed E-state index contributed by atoms with van der Waals surface area (Å²) in [6.45, 7) is -0.0172. The van der Waals surface area contributed by atoms with Gasteiger partial charge in [-0.1, -0.05) is 41.9 Å². The van der Waals surface area contributed by atoms with Crippen LogP contribution in [0.2, 0.25) is 5.02 Å². The Labute approximate surface area is 176 Å². The molecule has 1 aliphatic rings. The number of nitrogens with one attached hydrogen (secondary N) is 1. The Kier molecular flexibility index (Phi) is 5.33. The first-order valence-corrected chi connectivity index (χ1v) is 9.44. The molecule has 0 aliphatic carbocycles. The Morgan fingerprint density at radius 1 is 0.800 bits per heavy atom. The van der Waals surface area contributed by atoms with Crippen molar-refractivity contribution >= 4 is 34.7 Å². The minimum Gasteiger partial charge on any atom is -0.350 e. The molecule has 0 saturated heterocycles. The van der Waals surface area contributed by atoms with Gasteiger partial charge in [0.15, 0.2) is 0 Å². The zero-order valence-electron chi connectivity index (χ0n) is 15.5. The second-order valence-electron chi connectivity index (χ2n) is 6.68. The average Bonchev–Trinajstić information content (AvgIpc) is 2.96. The summed E-state index contributed by atoms with van der Waals surface area (Å²) in [5.41, 5.74) is 1.58. The molecule has 1 heterocycles. The molecule has 3 aromatic carbocycles. The molecular formula is C23H15ClF2N2O2. The third kappa shape index (κ3) is 3.82. The molecule has 1 N–H and O–H groups in total. The van der Waals surface area contributed by atoms with E-state index in [1.165, 1.54) is 48.5 Å². The van der Waals surface area contributed by atoms with Crippen molar-refractivity contribution in [3.05, 3.63) is 106 Å². The largest absolute Gasteiger partial charge is 0.350 e. The molecule has 1 aliphatic heterocycles. The third-order valence-corrected chi connectivity index (χ3v) is 5.07. The zero-order chi connectivity index (χ0) is 21.3. The summed E-state index contributed by atoms with van der Waals surface area (Å²) in [5, 5.41) is 3.35. The first-order valence-electron chi connectivity index (χ1n) is 9.06. The van der Waals surface area contributed by atoms with Crippen molar-refractivity contribution in [1.29, 1.82) is 0 Å². The van der Waals surface area contributed by atoms with Gasteiger partial charge in [-0.05, 0) is 53.6 Å². The highest BCUT2D eigenvalue weighted by Gasteiger charge is 2.39. The van der Waals surface area contributed by atoms with E-state index in [1.54, 1.807) is 24.3 Å². The molecule has 7 heteroatoms. The van der Waals surface area contributed by atoms with E-state index in [2.05, 4.69) is 5.32 Å². The van der Waals surface area contributed by atoms with Crippen LogP contribution in [-0.2, 0) is 16.1 Å². The standard InChI is InChI=1S/C23H15ClF2N2O2/c24-19-4-2-1-3-15(19)13-28-22(29)20(14-5-7-16(25)8-6-14)21(23(28)30)27-18-11-9-17(26)10-12-18/h1-12,27H,13H2. The number of carbonyl (C=O) groups is 2. The van der Waals surface area contributed by atoms with Gasteiger partial charge >= 0.3 is 0 Å².